The predicted octanol–water partition coefficient (Wildman–Crippen LogP) is 3.24. The van der Waals surface area contributed by atoms with Gasteiger partial charge < -0.3 is 14.2 Å². The SMILES string of the molecule is COC(C)c1cc(F)ccc1C(C)N1C[C@H](C)N(c2nc(=O)n(C)c3c2nc(CC#N)n3C)C[C@H]1C. The topological polar surface area (TPSA) is 92.2 Å². The number of fused-ring (bicyclic) bond motifs is 1. The molecule has 0 radical (unpaired) electrons. The summed E-state index contributed by atoms with van der Waals surface area (Å²) in [6.45, 7) is 9.68. The van der Waals surface area contributed by atoms with E-state index in [4.69, 9.17) is 9.72 Å². The first-order valence-corrected chi connectivity index (χ1v) is 12.2. The molecule has 0 aliphatic carbocycles. The van der Waals surface area contributed by atoms with Crippen LogP contribution in [0.25, 0.3) is 11.2 Å². The zero-order chi connectivity index (χ0) is 26.3. The summed E-state index contributed by atoms with van der Waals surface area (Å²) >= 11 is 0. The third-order valence-electron chi connectivity index (χ3n) is 7.51. The van der Waals surface area contributed by atoms with Crippen molar-refractivity contribution in [2.75, 3.05) is 25.1 Å². The Kier molecular flexibility index (Phi) is 7.16. The minimum absolute atomic E-state index is 0.0338. The molecule has 192 valence electrons. The van der Waals surface area contributed by atoms with Gasteiger partial charge in [-0.2, -0.15) is 10.2 Å². The van der Waals surface area contributed by atoms with Crippen molar-refractivity contribution in [1.29, 1.82) is 5.26 Å². The normalized spacial score (nSPS) is 20.5. The molecule has 3 aromatic rings. The van der Waals surface area contributed by atoms with Gasteiger partial charge in [0.15, 0.2) is 5.82 Å². The lowest BCUT2D eigenvalue weighted by Crippen LogP contribution is -2.57. The summed E-state index contributed by atoms with van der Waals surface area (Å²) in [6, 6.07) is 7.25. The third-order valence-corrected chi connectivity index (χ3v) is 7.51. The number of hydrogen-bond acceptors (Lipinski definition) is 7. The molecule has 10 heteroatoms. The Balaban J connectivity index is 1.69. The van der Waals surface area contributed by atoms with Crippen molar-refractivity contribution in [2.45, 2.75) is 58.3 Å². The van der Waals surface area contributed by atoms with E-state index in [0.29, 0.717) is 29.4 Å². The molecule has 4 atom stereocenters. The van der Waals surface area contributed by atoms with Crippen LogP contribution in [0, 0.1) is 17.1 Å². The van der Waals surface area contributed by atoms with E-state index >= 15 is 0 Å². The third kappa shape index (κ3) is 4.38. The molecule has 0 N–H and O–H groups in total. The summed E-state index contributed by atoms with van der Waals surface area (Å²) in [6.07, 6.45) is -0.0763. The molecule has 1 fully saturated rings. The number of nitrogens with zero attached hydrogens (tertiary/aromatic N) is 7. The molecule has 4 rings (SSSR count). The van der Waals surface area contributed by atoms with Gasteiger partial charge >= 0.3 is 5.69 Å². The summed E-state index contributed by atoms with van der Waals surface area (Å²) in [4.78, 5) is 26.4. The van der Waals surface area contributed by atoms with Crippen LogP contribution in [0.4, 0.5) is 10.2 Å². The monoisotopic (exact) mass is 495 g/mol. The number of methoxy groups -OCH3 is 1. The predicted molar refractivity (Wildman–Crippen MR) is 136 cm³/mol. The van der Waals surface area contributed by atoms with E-state index in [0.717, 1.165) is 17.7 Å². The highest BCUT2D eigenvalue weighted by atomic mass is 19.1. The van der Waals surface area contributed by atoms with Gasteiger partial charge in [0.25, 0.3) is 0 Å². The molecule has 3 heterocycles. The second kappa shape index (κ2) is 9.99. The molecular formula is C26H34FN7O2. The molecule has 1 saturated heterocycles. The molecule has 0 amide bonds. The van der Waals surface area contributed by atoms with Crippen LogP contribution in [0.2, 0.25) is 0 Å². The number of ether oxygens (including phenoxy) is 1. The maximum Gasteiger partial charge on any atom is 0.350 e. The molecule has 1 aromatic carbocycles. The van der Waals surface area contributed by atoms with Crippen molar-refractivity contribution in [3.8, 4) is 6.07 Å². The Labute approximate surface area is 210 Å². The quantitative estimate of drug-likeness (QED) is 0.518. The van der Waals surface area contributed by atoms with E-state index in [1.807, 2.05) is 20.0 Å². The number of nitriles is 1. The number of aryl methyl sites for hydroxylation is 2. The van der Waals surface area contributed by atoms with Gasteiger partial charge in [-0.05, 0) is 51.0 Å². The summed E-state index contributed by atoms with van der Waals surface area (Å²) in [5.41, 5.74) is 2.80. The van der Waals surface area contributed by atoms with Gasteiger partial charge in [0.1, 0.15) is 22.8 Å². The Morgan fingerprint density at radius 1 is 1.14 bits per heavy atom. The van der Waals surface area contributed by atoms with Crippen molar-refractivity contribution >= 4 is 17.0 Å². The van der Waals surface area contributed by atoms with Gasteiger partial charge in [-0.25, -0.2) is 14.2 Å². The van der Waals surface area contributed by atoms with Gasteiger partial charge in [-0.1, -0.05) is 6.07 Å². The minimum Gasteiger partial charge on any atom is -0.377 e. The van der Waals surface area contributed by atoms with Crippen LogP contribution in [0.1, 0.15) is 56.8 Å². The van der Waals surface area contributed by atoms with Gasteiger partial charge in [-0.3, -0.25) is 9.47 Å². The van der Waals surface area contributed by atoms with Gasteiger partial charge in [-0.15, -0.1) is 0 Å². The fourth-order valence-electron chi connectivity index (χ4n) is 5.38. The number of anilines is 1. The van der Waals surface area contributed by atoms with E-state index in [1.54, 1.807) is 24.8 Å². The maximum atomic E-state index is 14.1. The van der Waals surface area contributed by atoms with Crippen molar-refractivity contribution < 1.29 is 9.13 Å². The van der Waals surface area contributed by atoms with Crippen molar-refractivity contribution in [3.63, 3.8) is 0 Å². The number of hydrogen-bond donors (Lipinski definition) is 0. The van der Waals surface area contributed by atoms with Crippen LogP contribution in [-0.2, 0) is 25.3 Å². The average Bonchev–Trinajstić information content (AvgIpc) is 3.18. The van der Waals surface area contributed by atoms with E-state index in [1.165, 1.54) is 10.6 Å². The van der Waals surface area contributed by atoms with Gasteiger partial charge in [0, 0.05) is 52.4 Å². The molecule has 2 aromatic heterocycles. The molecule has 2 unspecified atom stereocenters. The maximum absolute atomic E-state index is 14.1. The highest BCUT2D eigenvalue weighted by Crippen LogP contribution is 2.35. The van der Waals surface area contributed by atoms with Crippen molar-refractivity contribution in [3.05, 3.63) is 51.5 Å². The number of benzene rings is 1. The standard InChI is InChI=1S/C26H34FN7O2/c1-15-14-34(24-23-25(32(6)26(35)30-24)31(5)22(29-23)10-11-28)16(2)13-33(15)17(3)20-9-8-19(27)12-21(20)18(4)36-7/h8-9,12,15-18H,10,13-14H2,1-7H3/t15-,16+,17?,18?/m1/s1. The molecule has 36 heavy (non-hydrogen) atoms. The van der Waals surface area contributed by atoms with Crippen molar-refractivity contribution in [1.82, 2.24) is 24.0 Å². The Morgan fingerprint density at radius 3 is 2.53 bits per heavy atom. The fraction of sp³-hybridized carbons (Fsp3) is 0.538. The Hall–Kier alpha value is -3.29. The van der Waals surface area contributed by atoms with Gasteiger partial charge in [0.05, 0.1) is 18.6 Å². The smallest absolute Gasteiger partial charge is 0.350 e. The summed E-state index contributed by atoms with van der Waals surface area (Å²) < 4.78 is 22.9. The van der Waals surface area contributed by atoms with Crippen LogP contribution < -0.4 is 10.6 Å². The molecule has 1 aliphatic rings. The molecule has 0 bridgehead atoms. The lowest BCUT2D eigenvalue weighted by atomic mass is 9.94. The Morgan fingerprint density at radius 2 is 1.86 bits per heavy atom. The van der Waals surface area contributed by atoms with E-state index in [2.05, 4.69) is 41.6 Å². The van der Waals surface area contributed by atoms with Crippen LogP contribution in [-0.4, -0.2) is 56.3 Å². The molecular weight excluding hydrogens is 461 g/mol. The first kappa shape index (κ1) is 25.8. The summed E-state index contributed by atoms with van der Waals surface area (Å²) in [5, 5.41) is 9.22. The average molecular weight is 496 g/mol. The van der Waals surface area contributed by atoms with Crippen LogP contribution >= 0.6 is 0 Å². The Bertz CT molecular complexity index is 1380. The lowest BCUT2D eigenvalue weighted by Gasteiger charge is -2.47. The highest BCUT2D eigenvalue weighted by Gasteiger charge is 2.35. The van der Waals surface area contributed by atoms with Gasteiger partial charge in [0.2, 0.25) is 0 Å². The molecule has 1 aliphatic heterocycles. The summed E-state index contributed by atoms with van der Waals surface area (Å²) in [5.74, 6) is 0.874. The first-order valence-electron chi connectivity index (χ1n) is 12.2. The number of aromatic nitrogens is 4. The number of imidazole rings is 1. The van der Waals surface area contributed by atoms with Crippen LogP contribution in [0.15, 0.2) is 23.0 Å². The molecule has 0 spiro atoms. The highest BCUT2D eigenvalue weighted by molar-refractivity contribution is 5.84. The molecule has 9 nitrogen and oxygen atoms in total. The largest absolute Gasteiger partial charge is 0.377 e. The zero-order valence-corrected chi connectivity index (χ0v) is 22.0. The van der Waals surface area contributed by atoms with Crippen LogP contribution in [0.3, 0.4) is 0 Å². The zero-order valence-electron chi connectivity index (χ0n) is 22.0. The first-order chi connectivity index (χ1) is 17.1. The van der Waals surface area contributed by atoms with Crippen molar-refractivity contribution in [2.24, 2.45) is 14.1 Å². The summed E-state index contributed by atoms with van der Waals surface area (Å²) in [7, 11) is 5.12. The second-order valence-electron chi connectivity index (χ2n) is 9.75. The van der Waals surface area contributed by atoms with E-state index < -0.39 is 0 Å². The molecule has 0 saturated carbocycles. The lowest BCUT2D eigenvalue weighted by molar-refractivity contribution is 0.104. The number of rotatable bonds is 6. The minimum atomic E-state index is -0.357. The fourth-order valence-corrected chi connectivity index (χ4v) is 5.38. The van der Waals surface area contributed by atoms with E-state index in [-0.39, 0.29) is 42.2 Å². The number of piperazine rings is 1. The second-order valence-corrected chi connectivity index (χ2v) is 9.75. The number of halogens is 1. The van der Waals surface area contributed by atoms with Crippen LogP contribution in [0.5, 0.6) is 0 Å². The van der Waals surface area contributed by atoms with E-state index in [9.17, 15) is 14.4 Å².